The first-order chi connectivity index (χ1) is 4.93. The molecule has 0 atom stereocenters. The highest BCUT2D eigenvalue weighted by Crippen LogP contribution is 2.07. The van der Waals surface area contributed by atoms with E-state index in [0.29, 0.717) is 0 Å². The summed E-state index contributed by atoms with van der Waals surface area (Å²) >= 11 is 0. The highest BCUT2D eigenvalue weighted by atomic mass is 16.5. The van der Waals surface area contributed by atoms with E-state index >= 15 is 0 Å². The average molecular weight is 142 g/mol. The maximum absolute atomic E-state index is 5.25. The Labute approximate surface area is 61.8 Å². The quantitative estimate of drug-likeness (QED) is 0.554. The smallest absolute Gasteiger partial charge is 0.0678 e. The van der Waals surface area contributed by atoms with Crippen molar-refractivity contribution in [3.8, 4) is 0 Å². The molecule has 0 radical (unpaired) electrons. The Morgan fingerprint density at radius 3 is 3.20 bits per heavy atom. The van der Waals surface area contributed by atoms with Crippen LogP contribution in [0.25, 0.3) is 0 Å². The molecule has 0 aromatic heterocycles. The second-order valence-corrected chi connectivity index (χ2v) is 2.32. The van der Waals surface area contributed by atoms with Crippen LogP contribution >= 0.6 is 0 Å². The minimum atomic E-state index is 0.766. The van der Waals surface area contributed by atoms with Gasteiger partial charge in [0.1, 0.15) is 0 Å². The molecule has 58 valence electrons. The Bertz CT molecular complexity index is 118. The zero-order valence-corrected chi connectivity index (χ0v) is 6.43. The summed E-state index contributed by atoms with van der Waals surface area (Å²) < 4.78 is 10.4. The zero-order valence-electron chi connectivity index (χ0n) is 6.43. The highest BCUT2D eigenvalue weighted by Gasteiger charge is 2.01. The molecule has 1 heterocycles. The summed E-state index contributed by atoms with van der Waals surface area (Å²) in [5.74, 6) is 0. The number of hydrogen-bond donors (Lipinski definition) is 0. The predicted octanol–water partition coefficient (Wildman–Crippen LogP) is 1.37. The van der Waals surface area contributed by atoms with Crippen LogP contribution in [0.4, 0.5) is 0 Å². The first kappa shape index (κ1) is 7.76. The number of rotatable bonds is 3. The van der Waals surface area contributed by atoms with Gasteiger partial charge in [-0.2, -0.15) is 0 Å². The molecule has 2 nitrogen and oxygen atoms in total. The van der Waals surface area contributed by atoms with Gasteiger partial charge in [-0.25, -0.2) is 0 Å². The van der Waals surface area contributed by atoms with Gasteiger partial charge < -0.3 is 9.47 Å². The third-order valence-corrected chi connectivity index (χ3v) is 1.55. The van der Waals surface area contributed by atoms with Crippen LogP contribution in [0.2, 0.25) is 0 Å². The topological polar surface area (TPSA) is 18.5 Å². The van der Waals surface area contributed by atoms with Crippen molar-refractivity contribution in [1.82, 2.24) is 0 Å². The summed E-state index contributed by atoms with van der Waals surface area (Å²) in [5, 5.41) is 0. The van der Waals surface area contributed by atoms with E-state index in [9.17, 15) is 0 Å². The molecule has 2 heteroatoms. The second-order valence-electron chi connectivity index (χ2n) is 2.32. The molecule has 1 aliphatic heterocycles. The van der Waals surface area contributed by atoms with E-state index in [1.165, 1.54) is 5.57 Å². The van der Waals surface area contributed by atoms with Crippen LogP contribution in [0.1, 0.15) is 13.3 Å². The molecule has 0 amide bonds. The molecule has 0 fully saturated rings. The fourth-order valence-corrected chi connectivity index (χ4v) is 0.930. The van der Waals surface area contributed by atoms with Gasteiger partial charge in [0.2, 0.25) is 0 Å². The van der Waals surface area contributed by atoms with Crippen molar-refractivity contribution < 1.29 is 9.47 Å². The van der Waals surface area contributed by atoms with Crippen molar-refractivity contribution in [3.05, 3.63) is 11.6 Å². The lowest BCUT2D eigenvalue weighted by atomic mass is 10.2. The monoisotopic (exact) mass is 142 g/mol. The van der Waals surface area contributed by atoms with Crippen LogP contribution in [0.15, 0.2) is 11.6 Å². The molecule has 0 unspecified atom stereocenters. The lowest BCUT2D eigenvalue weighted by Crippen LogP contribution is -2.08. The summed E-state index contributed by atoms with van der Waals surface area (Å²) in [6, 6.07) is 0. The van der Waals surface area contributed by atoms with Gasteiger partial charge in [-0.3, -0.25) is 0 Å². The zero-order chi connectivity index (χ0) is 7.23. The van der Waals surface area contributed by atoms with Crippen LogP contribution in [0.5, 0.6) is 0 Å². The van der Waals surface area contributed by atoms with E-state index in [1.807, 2.05) is 6.92 Å². The van der Waals surface area contributed by atoms with E-state index in [0.717, 1.165) is 32.8 Å². The van der Waals surface area contributed by atoms with Gasteiger partial charge in [0, 0.05) is 6.61 Å². The van der Waals surface area contributed by atoms with Crippen molar-refractivity contribution in [2.24, 2.45) is 0 Å². The normalized spacial score (nSPS) is 18.7. The largest absolute Gasteiger partial charge is 0.377 e. The van der Waals surface area contributed by atoms with Gasteiger partial charge in [-0.1, -0.05) is 6.08 Å². The summed E-state index contributed by atoms with van der Waals surface area (Å²) in [5.41, 5.74) is 1.38. The van der Waals surface area contributed by atoms with Crippen LogP contribution in [-0.2, 0) is 9.47 Å². The number of ether oxygens (including phenoxy) is 2. The maximum Gasteiger partial charge on any atom is 0.0678 e. The van der Waals surface area contributed by atoms with E-state index in [1.54, 1.807) is 0 Å². The Balaban J connectivity index is 2.18. The minimum absolute atomic E-state index is 0.766. The molecule has 0 spiro atoms. The van der Waals surface area contributed by atoms with Crippen LogP contribution in [0.3, 0.4) is 0 Å². The molecule has 0 aromatic carbocycles. The highest BCUT2D eigenvalue weighted by molar-refractivity contribution is 5.04. The Kier molecular flexibility index (Phi) is 3.47. The molecule has 1 rings (SSSR count). The average Bonchev–Trinajstić information content (AvgIpc) is 2.03. The van der Waals surface area contributed by atoms with E-state index < -0.39 is 0 Å². The molecule has 0 bridgehead atoms. The first-order valence-corrected chi connectivity index (χ1v) is 3.77. The third kappa shape index (κ3) is 2.50. The van der Waals surface area contributed by atoms with Gasteiger partial charge in [-0.15, -0.1) is 0 Å². The SMILES string of the molecule is CCOCC1=CCOCC1. The van der Waals surface area contributed by atoms with Gasteiger partial charge in [-0.05, 0) is 18.9 Å². The van der Waals surface area contributed by atoms with E-state index in [4.69, 9.17) is 9.47 Å². The molecular weight excluding hydrogens is 128 g/mol. The molecule has 0 saturated carbocycles. The molecule has 10 heavy (non-hydrogen) atoms. The minimum Gasteiger partial charge on any atom is -0.377 e. The summed E-state index contributed by atoms with van der Waals surface area (Å²) in [6.07, 6.45) is 3.15. The first-order valence-electron chi connectivity index (χ1n) is 3.77. The molecular formula is C8H14O2. The number of hydrogen-bond acceptors (Lipinski definition) is 2. The summed E-state index contributed by atoms with van der Waals surface area (Å²) in [4.78, 5) is 0. The summed E-state index contributed by atoms with van der Waals surface area (Å²) in [6.45, 7) is 5.24. The maximum atomic E-state index is 5.25. The Morgan fingerprint density at radius 2 is 2.60 bits per heavy atom. The molecule has 0 aromatic rings. The third-order valence-electron chi connectivity index (χ3n) is 1.55. The van der Waals surface area contributed by atoms with E-state index in [2.05, 4.69) is 6.08 Å². The second kappa shape index (κ2) is 4.47. The van der Waals surface area contributed by atoms with Crippen LogP contribution < -0.4 is 0 Å². The van der Waals surface area contributed by atoms with Crippen molar-refractivity contribution in [2.45, 2.75) is 13.3 Å². The Morgan fingerprint density at radius 1 is 1.70 bits per heavy atom. The lowest BCUT2D eigenvalue weighted by molar-refractivity contribution is 0.131. The molecule has 1 aliphatic rings. The van der Waals surface area contributed by atoms with Crippen molar-refractivity contribution in [2.75, 3.05) is 26.4 Å². The van der Waals surface area contributed by atoms with E-state index in [-0.39, 0.29) is 0 Å². The lowest BCUT2D eigenvalue weighted by Gasteiger charge is -2.12. The van der Waals surface area contributed by atoms with Gasteiger partial charge in [0.15, 0.2) is 0 Å². The van der Waals surface area contributed by atoms with Crippen molar-refractivity contribution in [1.29, 1.82) is 0 Å². The van der Waals surface area contributed by atoms with Crippen molar-refractivity contribution >= 4 is 0 Å². The van der Waals surface area contributed by atoms with Gasteiger partial charge in [0.25, 0.3) is 0 Å². The molecule has 0 N–H and O–H groups in total. The van der Waals surface area contributed by atoms with Crippen LogP contribution in [-0.4, -0.2) is 26.4 Å². The molecule has 0 aliphatic carbocycles. The standard InChI is InChI=1S/C8H14O2/c1-2-9-7-8-3-5-10-6-4-8/h3H,2,4-7H2,1H3. The van der Waals surface area contributed by atoms with Crippen LogP contribution in [0, 0.1) is 0 Å². The fraction of sp³-hybridized carbons (Fsp3) is 0.750. The predicted molar refractivity (Wildman–Crippen MR) is 40.0 cm³/mol. The van der Waals surface area contributed by atoms with Gasteiger partial charge in [0.05, 0.1) is 19.8 Å². The summed E-state index contributed by atoms with van der Waals surface area (Å²) in [7, 11) is 0. The fourth-order valence-electron chi connectivity index (χ4n) is 0.930. The van der Waals surface area contributed by atoms with Gasteiger partial charge >= 0.3 is 0 Å². The molecule has 0 saturated heterocycles. The Hall–Kier alpha value is -0.340. The van der Waals surface area contributed by atoms with Crippen molar-refractivity contribution in [3.63, 3.8) is 0 Å².